The summed E-state index contributed by atoms with van der Waals surface area (Å²) < 4.78 is 21.0. The highest BCUT2D eigenvalue weighted by atomic mass is 16.6. The first-order valence-corrected chi connectivity index (χ1v) is 10.8. The zero-order valence-electron chi connectivity index (χ0n) is 19.9. The van der Waals surface area contributed by atoms with E-state index in [4.69, 9.17) is 36.1 Å². The van der Waals surface area contributed by atoms with Gasteiger partial charge in [-0.2, -0.15) is 0 Å². The smallest absolute Gasteiger partial charge is 0.308 e. The maximum absolute atomic E-state index is 12.1. The van der Waals surface area contributed by atoms with Gasteiger partial charge in [-0.1, -0.05) is 0 Å². The van der Waals surface area contributed by atoms with Crippen molar-refractivity contribution in [1.82, 2.24) is 0 Å². The molecule has 0 saturated carbocycles. The summed E-state index contributed by atoms with van der Waals surface area (Å²) in [5, 5.41) is 9.39. The lowest BCUT2D eigenvalue weighted by atomic mass is 9.92. The molecule has 0 aliphatic heterocycles. The van der Waals surface area contributed by atoms with Crippen molar-refractivity contribution in [3.05, 3.63) is 0 Å². The van der Waals surface area contributed by atoms with Crippen LogP contribution in [0, 0.1) is 5.41 Å². The number of carbonyl (C=O) groups is 4. The molecule has 33 heavy (non-hydrogen) atoms. The summed E-state index contributed by atoms with van der Waals surface area (Å²) in [5.41, 5.74) is 15.4. The van der Waals surface area contributed by atoms with Crippen LogP contribution >= 0.6 is 0 Å². The van der Waals surface area contributed by atoms with Crippen molar-refractivity contribution < 1.29 is 43.2 Å². The van der Waals surface area contributed by atoms with Crippen LogP contribution in [0.2, 0.25) is 0 Å². The molecule has 0 fully saturated rings. The number of aliphatic hydroxyl groups excluding tert-OH is 1. The molecule has 0 aromatic carbocycles. The van der Waals surface area contributed by atoms with E-state index in [9.17, 15) is 24.3 Å². The van der Waals surface area contributed by atoms with Crippen LogP contribution in [-0.4, -0.2) is 79.6 Å². The summed E-state index contributed by atoms with van der Waals surface area (Å²) in [6.45, 7) is 4.69. The van der Waals surface area contributed by atoms with E-state index in [0.29, 0.717) is 0 Å². The molecule has 0 aromatic heterocycles. The van der Waals surface area contributed by atoms with Crippen LogP contribution in [0.4, 0.5) is 0 Å². The van der Waals surface area contributed by atoms with Gasteiger partial charge in [-0.15, -0.1) is 0 Å². The highest BCUT2D eigenvalue weighted by molar-refractivity contribution is 5.71. The Labute approximate surface area is 194 Å². The topological polar surface area (TPSA) is 203 Å². The fourth-order valence-electron chi connectivity index (χ4n) is 2.45. The van der Waals surface area contributed by atoms with Gasteiger partial charge in [0.25, 0.3) is 0 Å². The van der Waals surface area contributed by atoms with E-state index in [2.05, 4.69) is 0 Å². The first kappa shape index (κ1) is 30.7. The predicted octanol–water partition coefficient (Wildman–Crippen LogP) is -0.872. The summed E-state index contributed by atoms with van der Waals surface area (Å²) in [6, 6.07) is -1.37. The Morgan fingerprint density at radius 1 is 0.606 bits per heavy atom. The van der Waals surface area contributed by atoms with Gasteiger partial charge in [0.05, 0.1) is 31.8 Å². The summed E-state index contributed by atoms with van der Waals surface area (Å²) in [5.74, 6) is -2.63. The monoisotopic (exact) mass is 477 g/mol. The average Bonchev–Trinajstić information content (AvgIpc) is 2.64. The second-order valence-corrected chi connectivity index (χ2v) is 8.74. The summed E-state index contributed by atoms with van der Waals surface area (Å²) in [4.78, 5) is 48.2. The zero-order chi connectivity index (χ0) is 25.6. The number of nitrogens with two attached hydrogens (primary N) is 3. The first-order valence-electron chi connectivity index (χ1n) is 10.8. The lowest BCUT2D eigenvalue weighted by Crippen LogP contribution is -2.44. The Bertz CT molecular complexity index is 527. The second kappa shape index (κ2) is 15.5. The number of ether oxygens (including phenoxy) is 4. The van der Waals surface area contributed by atoms with Crippen molar-refractivity contribution in [2.24, 2.45) is 22.6 Å². The molecule has 0 bridgehead atoms. The van der Waals surface area contributed by atoms with Crippen molar-refractivity contribution in [3.8, 4) is 0 Å². The van der Waals surface area contributed by atoms with Crippen LogP contribution in [-0.2, 0) is 38.1 Å². The van der Waals surface area contributed by atoms with Gasteiger partial charge in [-0.3, -0.25) is 19.2 Å². The Kier molecular flexibility index (Phi) is 14.5. The number of hydrogen-bond donors (Lipinski definition) is 4. The average molecular weight is 478 g/mol. The van der Waals surface area contributed by atoms with Crippen molar-refractivity contribution in [2.75, 3.05) is 26.4 Å². The van der Waals surface area contributed by atoms with Crippen LogP contribution in [0.1, 0.15) is 53.4 Å². The van der Waals surface area contributed by atoms with Gasteiger partial charge in [0.15, 0.2) is 0 Å². The number of esters is 4. The SMILES string of the molecule is CC(N)CC(=O)OCC(COC(=O)CC(C)N)(COC(=O)CC(C)N)COC(=O)CC(C)O. The number of hydrogen-bond acceptors (Lipinski definition) is 12. The lowest BCUT2D eigenvalue weighted by molar-refractivity contribution is -0.171. The lowest BCUT2D eigenvalue weighted by Gasteiger charge is -2.32. The summed E-state index contributed by atoms with van der Waals surface area (Å²) >= 11 is 0. The molecule has 12 heteroatoms. The minimum Gasteiger partial charge on any atom is -0.465 e. The molecular formula is C21H39N3O9. The molecule has 0 heterocycles. The standard InChI is InChI=1S/C21H39N3O9/c1-13(22)5-17(26)30-9-21(10-31-18(27)6-14(2)23,11-32-19(28)7-15(3)24)12-33-20(29)8-16(4)25/h13-16,25H,5-12,22-24H2,1-4H3. The quantitative estimate of drug-likeness (QED) is 0.158. The van der Waals surface area contributed by atoms with E-state index in [1.807, 2.05) is 0 Å². The minimum absolute atomic E-state index is 0.0765. The summed E-state index contributed by atoms with van der Waals surface area (Å²) in [6.07, 6.45) is -1.45. The summed E-state index contributed by atoms with van der Waals surface area (Å²) in [7, 11) is 0. The molecule has 7 N–H and O–H groups in total. The third-order valence-corrected chi connectivity index (χ3v) is 4.09. The first-order chi connectivity index (χ1) is 15.2. The molecular weight excluding hydrogens is 438 g/mol. The van der Waals surface area contributed by atoms with Gasteiger partial charge < -0.3 is 41.3 Å². The molecule has 0 aliphatic carbocycles. The molecule has 0 radical (unpaired) electrons. The maximum atomic E-state index is 12.1. The van der Waals surface area contributed by atoms with Crippen LogP contribution in [0.25, 0.3) is 0 Å². The normalized spacial score (nSPS) is 16.5. The van der Waals surface area contributed by atoms with E-state index in [1.54, 1.807) is 20.8 Å². The van der Waals surface area contributed by atoms with Crippen LogP contribution in [0.3, 0.4) is 0 Å². The van der Waals surface area contributed by atoms with Crippen molar-refractivity contribution in [2.45, 2.75) is 77.6 Å². The molecule has 4 atom stereocenters. The zero-order valence-corrected chi connectivity index (χ0v) is 19.9. The maximum Gasteiger partial charge on any atom is 0.308 e. The van der Waals surface area contributed by atoms with E-state index in [-0.39, 0.29) is 25.7 Å². The third kappa shape index (κ3) is 16.1. The molecule has 0 saturated heterocycles. The Hall–Kier alpha value is -2.28. The van der Waals surface area contributed by atoms with Gasteiger partial charge in [0, 0.05) is 18.1 Å². The third-order valence-electron chi connectivity index (χ3n) is 4.09. The van der Waals surface area contributed by atoms with Crippen LogP contribution in [0.15, 0.2) is 0 Å². The predicted molar refractivity (Wildman–Crippen MR) is 117 cm³/mol. The van der Waals surface area contributed by atoms with E-state index in [1.165, 1.54) is 6.92 Å². The number of carbonyl (C=O) groups excluding carboxylic acids is 4. The van der Waals surface area contributed by atoms with Gasteiger partial charge in [-0.25, -0.2) is 0 Å². The molecule has 0 amide bonds. The Morgan fingerprint density at radius 2 is 0.848 bits per heavy atom. The Balaban J connectivity index is 5.59. The molecule has 4 unspecified atom stereocenters. The number of rotatable bonds is 16. The second-order valence-electron chi connectivity index (χ2n) is 8.74. The van der Waals surface area contributed by atoms with Crippen LogP contribution < -0.4 is 17.2 Å². The minimum atomic E-state index is -1.40. The molecule has 0 rings (SSSR count). The van der Waals surface area contributed by atoms with Crippen molar-refractivity contribution >= 4 is 23.9 Å². The molecule has 12 nitrogen and oxygen atoms in total. The largest absolute Gasteiger partial charge is 0.465 e. The van der Waals surface area contributed by atoms with Crippen molar-refractivity contribution in [3.63, 3.8) is 0 Å². The molecule has 0 aliphatic rings. The molecule has 0 spiro atoms. The van der Waals surface area contributed by atoms with Gasteiger partial charge in [-0.05, 0) is 27.7 Å². The van der Waals surface area contributed by atoms with E-state index < -0.39 is 79.9 Å². The molecule has 192 valence electrons. The molecule has 0 aromatic rings. The van der Waals surface area contributed by atoms with Crippen LogP contribution in [0.5, 0.6) is 0 Å². The highest BCUT2D eigenvalue weighted by Crippen LogP contribution is 2.22. The Morgan fingerprint density at radius 3 is 1.06 bits per heavy atom. The van der Waals surface area contributed by atoms with Crippen molar-refractivity contribution in [1.29, 1.82) is 0 Å². The fourth-order valence-corrected chi connectivity index (χ4v) is 2.45. The fraction of sp³-hybridized carbons (Fsp3) is 0.810. The van der Waals surface area contributed by atoms with Gasteiger partial charge in [0.1, 0.15) is 31.8 Å². The van der Waals surface area contributed by atoms with Gasteiger partial charge >= 0.3 is 23.9 Å². The number of aliphatic hydroxyl groups is 1. The van der Waals surface area contributed by atoms with E-state index >= 15 is 0 Å². The van der Waals surface area contributed by atoms with E-state index in [0.717, 1.165) is 0 Å². The highest BCUT2D eigenvalue weighted by Gasteiger charge is 2.38. The van der Waals surface area contributed by atoms with Gasteiger partial charge in [0.2, 0.25) is 0 Å².